The Morgan fingerprint density at radius 2 is 2.12 bits per heavy atom. The number of halogens is 2. The summed E-state index contributed by atoms with van der Waals surface area (Å²) in [5.41, 5.74) is 5.06. The molecule has 1 aromatic carbocycles. The second-order valence-corrected chi connectivity index (χ2v) is 8.62. The quantitative estimate of drug-likeness (QED) is 0.513. The van der Waals surface area contributed by atoms with Crippen molar-refractivity contribution in [1.82, 2.24) is 34.5 Å². The first-order valence-electron chi connectivity index (χ1n) is 10.8. The Labute approximate surface area is 184 Å². The van der Waals surface area contributed by atoms with E-state index in [2.05, 4.69) is 25.7 Å². The third kappa shape index (κ3) is 3.79. The third-order valence-corrected chi connectivity index (χ3v) is 5.99. The summed E-state index contributed by atoms with van der Waals surface area (Å²) >= 11 is 0. The van der Waals surface area contributed by atoms with E-state index in [1.54, 1.807) is 9.20 Å². The smallest absolute Gasteiger partial charge is 0.241 e. The molecule has 0 spiro atoms. The number of aryl methyl sites for hydroxylation is 1. The summed E-state index contributed by atoms with van der Waals surface area (Å²) in [5, 5.41) is 15.9. The van der Waals surface area contributed by atoms with Gasteiger partial charge in [0.25, 0.3) is 0 Å². The lowest BCUT2D eigenvalue weighted by atomic mass is 10.0. The van der Waals surface area contributed by atoms with Gasteiger partial charge in [-0.2, -0.15) is 0 Å². The first-order valence-corrected chi connectivity index (χ1v) is 10.8. The second kappa shape index (κ2) is 8.09. The number of rotatable bonds is 5. The minimum atomic E-state index is -1.02. The highest BCUT2D eigenvalue weighted by Crippen LogP contribution is 2.30. The van der Waals surface area contributed by atoms with Crippen LogP contribution in [0, 0.1) is 6.92 Å². The molecule has 3 unspecified atom stereocenters. The van der Waals surface area contributed by atoms with Crippen LogP contribution in [0.1, 0.15) is 19.0 Å². The first kappa shape index (κ1) is 20.7. The van der Waals surface area contributed by atoms with Crippen LogP contribution in [0.15, 0.2) is 30.5 Å². The molecule has 0 bridgehead atoms. The fourth-order valence-corrected chi connectivity index (χ4v) is 4.39. The number of likely N-dealkylation sites (tertiary alicyclic amines) is 1. The lowest BCUT2D eigenvalue weighted by molar-refractivity contribution is 0.149. The standard InChI is InChI=1S/C22H26F2N8/c1-13(23)11-32-20-10-15(4-5-19(20)27-29-32)16-6-9-31-21(16)14(2)25-22(28-31)26-18-7-8-30(3)12-17(18)24/h4-6,9-10,13,17-18H,7-8,11-12H2,1-3H3,(H,26,28). The summed E-state index contributed by atoms with van der Waals surface area (Å²) in [7, 11) is 1.93. The average Bonchev–Trinajstić information content (AvgIpc) is 3.34. The van der Waals surface area contributed by atoms with E-state index in [0.717, 1.165) is 39.9 Å². The van der Waals surface area contributed by atoms with E-state index in [0.29, 0.717) is 18.9 Å². The van der Waals surface area contributed by atoms with Crippen LogP contribution in [0.25, 0.3) is 27.7 Å². The maximum absolute atomic E-state index is 14.4. The summed E-state index contributed by atoms with van der Waals surface area (Å²) in [6.45, 7) is 4.81. The zero-order valence-corrected chi connectivity index (χ0v) is 18.3. The zero-order chi connectivity index (χ0) is 22.4. The van der Waals surface area contributed by atoms with Crippen LogP contribution in [-0.4, -0.2) is 73.0 Å². The van der Waals surface area contributed by atoms with E-state index < -0.39 is 12.3 Å². The van der Waals surface area contributed by atoms with Crippen LogP contribution < -0.4 is 5.32 Å². The normalized spacial score (nSPS) is 20.8. The van der Waals surface area contributed by atoms with Crippen molar-refractivity contribution in [3.05, 3.63) is 36.2 Å². The predicted molar refractivity (Wildman–Crippen MR) is 119 cm³/mol. The van der Waals surface area contributed by atoms with Crippen molar-refractivity contribution in [3.8, 4) is 11.1 Å². The van der Waals surface area contributed by atoms with E-state index in [1.165, 1.54) is 6.92 Å². The van der Waals surface area contributed by atoms with Crippen molar-refractivity contribution >= 4 is 22.5 Å². The monoisotopic (exact) mass is 440 g/mol. The number of anilines is 1. The molecule has 1 aliphatic heterocycles. The van der Waals surface area contributed by atoms with Gasteiger partial charge in [0.2, 0.25) is 5.95 Å². The Kier molecular flexibility index (Phi) is 5.24. The molecule has 1 saturated heterocycles. The van der Waals surface area contributed by atoms with E-state index >= 15 is 0 Å². The fourth-order valence-electron chi connectivity index (χ4n) is 4.39. The lowest BCUT2D eigenvalue weighted by Crippen LogP contribution is -2.46. The average molecular weight is 441 g/mol. The highest BCUT2D eigenvalue weighted by Gasteiger charge is 2.28. The molecule has 168 valence electrons. The molecular formula is C22H26F2N8. The molecule has 0 amide bonds. The van der Waals surface area contributed by atoms with Gasteiger partial charge in [0.1, 0.15) is 17.9 Å². The van der Waals surface area contributed by atoms with Crippen molar-refractivity contribution in [1.29, 1.82) is 0 Å². The van der Waals surface area contributed by atoms with E-state index in [4.69, 9.17) is 0 Å². The summed E-state index contributed by atoms with van der Waals surface area (Å²) in [4.78, 5) is 6.60. The van der Waals surface area contributed by atoms with Gasteiger partial charge >= 0.3 is 0 Å². The zero-order valence-electron chi connectivity index (χ0n) is 18.3. The number of nitrogens with one attached hydrogen (secondary N) is 1. The maximum atomic E-state index is 14.4. The van der Waals surface area contributed by atoms with Crippen molar-refractivity contribution in [2.24, 2.45) is 0 Å². The topological polar surface area (TPSA) is 76.2 Å². The van der Waals surface area contributed by atoms with Gasteiger partial charge in [-0.15, -0.1) is 10.2 Å². The van der Waals surface area contributed by atoms with E-state index in [1.807, 2.05) is 49.3 Å². The SMILES string of the molecule is Cc1nc(NC2CCN(C)CC2F)nn2ccc(-c3ccc4nnn(CC(C)F)c4c3)c12. The van der Waals surface area contributed by atoms with E-state index in [9.17, 15) is 8.78 Å². The van der Waals surface area contributed by atoms with Gasteiger partial charge in [-0.1, -0.05) is 11.3 Å². The summed E-state index contributed by atoms with van der Waals surface area (Å²) in [6.07, 6.45) is 0.587. The van der Waals surface area contributed by atoms with Crippen molar-refractivity contribution in [2.45, 2.75) is 45.2 Å². The molecule has 5 rings (SSSR count). The molecule has 4 heterocycles. The summed E-state index contributed by atoms with van der Waals surface area (Å²) < 4.78 is 31.3. The predicted octanol–water partition coefficient (Wildman–Crippen LogP) is 3.26. The number of fused-ring (bicyclic) bond motifs is 2. The molecular weight excluding hydrogens is 414 g/mol. The Morgan fingerprint density at radius 3 is 2.91 bits per heavy atom. The van der Waals surface area contributed by atoms with Crippen molar-refractivity contribution < 1.29 is 8.78 Å². The van der Waals surface area contributed by atoms with Gasteiger partial charge in [-0.25, -0.2) is 23.0 Å². The van der Waals surface area contributed by atoms with Crippen molar-refractivity contribution in [2.75, 3.05) is 25.5 Å². The Balaban J connectivity index is 1.48. The maximum Gasteiger partial charge on any atom is 0.241 e. The highest BCUT2D eigenvalue weighted by molar-refractivity contribution is 5.88. The fraction of sp³-hybridized carbons (Fsp3) is 0.455. The van der Waals surface area contributed by atoms with Crippen LogP contribution in [-0.2, 0) is 6.54 Å². The number of piperidine rings is 1. The number of alkyl halides is 2. The molecule has 0 radical (unpaired) electrons. The second-order valence-electron chi connectivity index (χ2n) is 8.62. The largest absolute Gasteiger partial charge is 0.347 e. The Bertz CT molecular complexity index is 1260. The van der Waals surface area contributed by atoms with Crippen LogP contribution in [0.5, 0.6) is 0 Å². The minimum Gasteiger partial charge on any atom is -0.347 e. The lowest BCUT2D eigenvalue weighted by Gasteiger charge is -2.32. The van der Waals surface area contributed by atoms with Gasteiger partial charge < -0.3 is 10.2 Å². The Hall–Kier alpha value is -3.14. The molecule has 1 aliphatic rings. The van der Waals surface area contributed by atoms with Crippen molar-refractivity contribution in [3.63, 3.8) is 0 Å². The molecule has 0 aliphatic carbocycles. The number of aromatic nitrogens is 6. The molecule has 3 atom stereocenters. The minimum absolute atomic E-state index is 0.153. The first-order chi connectivity index (χ1) is 15.4. The molecule has 3 aromatic heterocycles. The summed E-state index contributed by atoms with van der Waals surface area (Å²) in [5.74, 6) is 0.420. The number of hydrogen-bond acceptors (Lipinski definition) is 6. The van der Waals surface area contributed by atoms with Crippen LogP contribution in [0.2, 0.25) is 0 Å². The van der Waals surface area contributed by atoms with Gasteiger partial charge in [-0.3, -0.25) is 0 Å². The highest BCUT2D eigenvalue weighted by atomic mass is 19.1. The van der Waals surface area contributed by atoms with Crippen LogP contribution in [0.4, 0.5) is 14.7 Å². The third-order valence-electron chi connectivity index (χ3n) is 5.99. The molecule has 10 heteroatoms. The summed E-state index contributed by atoms with van der Waals surface area (Å²) in [6, 6.07) is 7.49. The van der Waals surface area contributed by atoms with E-state index in [-0.39, 0.29) is 12.6 Å². The molecule has 32 heavy (non-hydrogen) atoms. The van der Waals surface area contributed by atoms with Gasteiger partial charge in [0.05, 0.1) is 29.3 Å². The van der Waals surface area contributed by atoms with Gasteiger partial charge in [0, 0.05) is 24.8 Å². The number of hydrogen-bond donors (Lipinski definition) is 1. The van der Waals surface area contributed by atoms with Gasteiger partial charge in [0.15, 0.2) is 0 Å². The molecule has 8 nitrogen and oxygen atoms in total. The number of nitrogens with zero attached hydrogens (tertiary/aromatic N) is 7. The Morgan fingerprint density at radius 1 is 1.28 bits per heavy atom. The number of benzene rings is 1. The van der Waals surface area contributed by atoms with Crippen LogP contribution >= 0.6 is 0 Å². The molecule has 4 aromatic rings. The molecule has 1 N–H and O–H groups in total. The molecule has 0 saturated carbocycles. The van der Waals surface area contributed by atoms with Crippen LogP contribution in [0.3, 0.4) is 0 Å². The van der Waals surface area contributed by atoms with Gasteiger partial charge in [-0.05, 0) is 51.1 Å². The molecule has 1 fully saturated rings.